The topological polar surface area (TPSA) is 286 Å². The number of nitrogen functional groups attached to an aromatic ring is 1. The summed E-state index contributed by atoms with van der Waals surface area (Å²) in [6, 6.07) is 1.24. The van der Waals surface area contributed by atoms with E-state index in [4.69, 9.17) is 29.0 Å². The molecule has 1 fully saturated rings. The fourth-order valence-corrected chi connectivity index (χ4v) is 9.38. The minimum Gasteiger partial charge on any atom is -0.462 e. The molecule has 1 aromatic rings. The molecular weight excluding hydrogens is 985 g/mol. The van der Waals surface area contributed by atoms with Gasteiger partial charge in [-0.05, 0) is 83.1 Å². The van der Waals surface area contributed by atoms with E-state index in [-0.39, 0.29) is 31.5 Å². The molecule has 21 heteroatoms. The van der Waals surface area contributed by atoms with Crippen LogP contribution < -0.4 is 11.4 Å². The highest BCUT2D eigenvalue weighted by Gasteiger charge is 2.46. The van der Waals surface area contributed by atoms with E-state index in [0.29, 0.717) is 6.42 Å². The number of aromatic nitrogens is 2. The van der Waals surface area contributed by atoms with Crippen molar-refractivity contribution in [2.75, 3.05) is 25.6 Å². The molecule has 1 saturated heterocycles. The number of anilines is 1. The standard InChI is InChI=1S/C52H85N3O16P2/c1-3-5-7-9-11-13-15-17-18-19-20-22-24-26-28-30-32-36-48(58)69-44(40-66-47(57)37-33-35-43(56)34-31-29-27-25-23-21-16-14-12-10-8-6-4-2)41-67-72(62,63)71-73(64,65)68-42-45-49(59)50(60)51(70-45)55-39-38-46(53)54-52(55)61/h11-14,17-18,21,23,27,29,31,34,38-39,43-45,49-51,56,59-60H,3-10,15-16,19-20,22,24-26,28,30,32-33,35-37,40-42H2,1-2H3,(H,62,63)(H,64,65)(H2,53,54,61)/b13-11-,14-12-,18-17-,23-21-,29-27-,34-31+/t43-,44-,45-,49-,50-,51-/m1/s1. The predicted octanol–water partition coefficient (Wildman–Crippen LogP) is 9.86. The molecule has 2 unspecified atom stereocenters. The number of esters is 2. The van der Waals surface area contributed by atoms with Gasteiger partial charge in [0.2, 0.25) is 0 Å². The minimum atomic E-state index is -5.47. The highest BCUT2D eigenvalue weighted by molar-refractivity contribution is 7.61. The van der Waals surface area contributed by atoms with E-state index in [1.54, 1.807) is 12.2 Å². The van der Waals surface area contributed by atoms with Gasteiger partial charge in [0.1, 0.15) is 30.7 Å². The number of hydrogen-bond acceptors (Lipinski definition) is 16. The number of carbonyl (C=O) groups is 2. The summed E-state index contributed by atoms with van der Waals surface area (Å²) in [5, 5.41) is 31.3. The fourth-order valence-electron chi connectivity index (χ4n) is 7.27. The van der Waals surface area contributed by atoms with Gasteiger partial charge in [0.25, 0.3) is 0 Å². The Labute approximate surface area is 432 Å². The van der Waals surface area contributed by atoms with Crippen molar-refractivity contribution >= 4 is 33.4 Å². The molecule has 2 rings (SSSR count). The van der Waals surface area contributed by atoms with Gasteiger partial charge in [0.15, 0.2) is 12.3 Å². The molecule has 2 heterocycles. The van der Waals surface area contributed by atoms with Crippen molar-refractivity contribution in [2.45, 2.75) is 198 Å². The Morgan fingerprint density at radius 2 is 1.27 bits per heavy atom. The first-order valence-electron chi connectivity index (χ1n) is 26.1. The summed E-state index contributed by atoms with van der Waals surface area (Å²) >= 11 is 0. The van der Waals surface area contributed by atoms with Crippen LogP contribution in [0, 0.1) is 0 Å². The zero-order chi connectivity index (χ0) is 53.6. The Kier molecular flexibility index (Phi) is 35.4. The molecular formula is C52H85N3O16P2. The van der Waals surface area contributed by atoms with Crippen molar-refractivity contribution in [2.24, 2.45) is 0 Å². The second-order valence-corrected chi connectivity index (χ2v) is 20.9. The molecule has 1 aromatic heterocycles. The Morgan fingerprint density at radius 1 is 0.726 bits per heavy atom. The lowest BCUT2D eigenvalue weighted by molar-refractivity contribution is -0.161. The molecule has 414 valence electrons. The van der Waals surface area contributed by atoms with Crippen LogP contribution in [-0.2, 0) is 46.3 Å². The second kappa shape index (κ2) is 39.6. The van der Waals surface area contributed by atoms with Crippen LogP contribution in [-0.4, -0.2) is 96.9 Å². The summed E-state index contributed by atoms with van der Waals surface area (Å²) in [5.41, 5.74) is 4.57. The maximum Gasteiger partial charge on any atom is 0.481 e. The number of hydrogen-bond donors (Lipinski definition) is 6. The van der Waals surface area contributed by atoms with Crippen molar-refractivity contribution < 1.29 is 71.4 Å². The number of unbranched alkanes of at least 4 members (excludes halogenated alkanes) is 13. The number of phosphoric acid groups is 2. The lowest BCUT2D eigenvalue weighted by Crippen LogP contribution is -2.36. The number of nitrogens with two attached hydrogens (primary N) is 1. The highest BCUT2D eigenvalue weighted by Crippen LogP contribution is 2.60. The molecule has 1 aliphatic heterocycles. The van der Waals surface area contributed by atoms with E-state index in [1.165, 1.54) is 44.6 Å². The molecule has 0 radical (unpaired) electrons. The molecule has 0 aliphatic carbocycles. The maximum atomic E-state index is 12.9. The van der Waals surface area contributed by atoms with Crippen molar-refractivity contribution in [3.8, 4) is 0 Å². The summed E-state index contributed by atoms with van der Waals surface area (Å²) < 4.78 is 56.7. The lowest BCUT2D eigenvalue weighted by atomic mass is 10.1. The molecule has 0 amide bonds. The third kappa shape index (κ3) is 32.3. The average Bonchev–Trinajstić information content (AvgIpc) is 3.62. The van der Waals surface area contributed by atoms with Gasteiger partial charge in [-0.1, -0.05) is 145 Å². The van der Waals surface area contributed by atoms with Gasteiger partial charge in [0.05, 0.1) is 19.3 Å². The average molecular weight is 1070 g/mol. The van der Waals surface area contributed by atoms with Crippen LogP contribution in [0.4, 0.5) is 5.82 Å². The van der Waals surface area contributed by atoms with Crippen LogP contribution in [0.5, 0.6) is 0 Å². The summed E-state index contributed by atoms with van der Waals surface area (Å²) in [5.74, 6) is -1.52. The van der Waals surface area contributed by atoms with Gasteiger partial charge >= 0.3 is 33.3 Å². The zero-order valence-electron chi connectivity index (χ0n) is 43.0. The van der Waals surface area contributed by atoms with Gasteiger partial charge in [-0.25, -0.2) is 13.9 Å². The summed E-state index contributed by atoms with van der Waals surface area (Å²) in [6.45, 7) is 1.90. The summed E-state index contributed by atoms with van der Waals surface area (Å²) in [4.78, 5) is 62.0. The number of allylic oxidation sites excluding steroid dienone is 11. The Balaban J connectivity index is 1.85. The third-order valence-corrected chi connectivity index (χ3v) is 14.0. The second-order valence-electron chi connectivity index (χ2n) is 17.9. The molecule has 0 aromatic carbocycles. The van der Waals surface area contributed by atoms with Crippen molar-refractivity contribution in [1.29, 1.82) is 0 Å². The monoisotopic (exact) mass is 1070 g/mol. The van der Waals surface area contributed by atoms with E-state index >= 15 is 0 Å². The number of carbonyl (C=O) groups excluding carboxylic acids is 2. The Morgan fingerprint density at radius 3 is 1.89 bits per heavy atom. The molecule has 73 heavy (non-hydrogen) atoms. The van der Waals surface area contributed by atoms with Crippen molar-refractivity contribution in [3.05, 3.63) is 95.7 Å². The molecule has 7 N–H and O–H groups in total. The van der Waals surface area contributed by atoms with Crippen LogP contribution in [0.15, 0.2) is 90.0 Å². The first kappa shape index (κ1) is 65.3. The van der Waals surface area contributed by atoms with Gasteiger partial charge in [-0.15, -0.1) is 0 Å². The quantitative estimate of drug-likeness (QED) is 0.0117. The Hall–Kier alpha value is -3.84. The largest absolute Gasteiger partial charge is 0.481 e. The lowest BCUT2D eigenvalue weighted by Gasteiger charge is -2.21. The van der Waals surface area contributed by atoms with Crippen molar-refractivity contribution in [3.63, 3.8) is 0 Å². The van der Waals surface area contributed by atoms with E-state index in [9.17, 15) is 48.6 Å². The number of rotatable bonds is 42. The number of nitrogens with zero attached hydrogens (tertiary/aromatic N) is 2. The number of phosphoric ester groups is 2. The molecule has 0 spiro atoms. The fraction of sp³-hybridized carbons (Fsp3) is 0.654. The SMILES string of the molecule is CCCCC/C=C\C/C=C\C/C=C\C=C\[C@@H](O)CCCC(=O)OC[C@H](COP(=O)(O)OP(=O)(O)OC[C@H]1O[C@@H](n2ccc(N)nc2=O)[C@H](O)[C@@H]1O)OC(=O)CCCCCCCCC/C=C\C/C=C\CCCCC. The first-order chi connectivity index (χ1) is 35.1. The van der Waals surface area contributed by atoms with E-state index in [1.807, 2.05) is 12.2 Å². The number of ether oxygens (including phenoxy) is 3. The van der Waals surface area contributed by atoms with Crippen LogP contribution in [0.3, 0.4) is 0 Å². The van der Waals surface area contributed by atoms with Crippen molar-refractivity contribution in [1.82, 2.24) is 9.55 Å². The maximum absolute atomic E-state index is 12.9. The van der Waals surface area contributed by atoms with Crippen LogP contribution in [0.25, 0.3) is 0 Å². The summed E-state index contributed by atoms with van der Waals surface area (Å²) in [6.07, 6.45) is 37.1. The number of aliphatic hydroxyl groups excluding tert-OH is 3. The smallest absolute Gasteiger partial charge is 0.462 e. The Bertz CT molecular complexity index is 2020. The van der Waals surface area contributed by atoms with Crippen LogP contribution >= 0.6 is 15.6 Å². The molecule has 1 aliphatic rings. The highest BCUT2D eigenvalue weighted by atomic mass is 31.3. The minimum absolute atomic E-state index is 0.00245. The zero-order valence-corrected chi connectivity index (χ0v) is 44.8. The third-order valence-electron chi connectivity index (χ3n) is 11.4. The van der Waals surface area contributed by atoms with Gasteiger partial charge < -0.3 is 45.1 Å². The van der Waals surface area contributed by atoms with Gasteiger partial charge in [-0.3, -0.25) is 23.2 Å². The van der Waals surface area contributed by atoms with Crippen LogP contribution in [0.1, 0.15) is 168 Å². The van der Waals surface area contributed by atoms with E-state index < -0.39 is 89.8 Å². The van der Waals surface area contributed by atoms with Crippen LogP contribution in [0.2, 0.25) is 0 Å². The molecule has 19 nitrogen and oxygen atoms in total. The first-order valence-corrected chi connectivity index (χ1v) is 29.0. The number of aliphatic hydroxyl groups is 3. The molecule has 8 atom stereocenters. The molecule has 0 saturated carbocycles. The van der Waals surface area contributed by atoms with Gasteiger partial charge in [-0.2, -0.15) is 9.29 Å². The summed E-state index contributed by atoms with van der Waals surface area (Å²) in [7, 11) is -10.9. The predicted molar refractivity (Wildman–Crippen MR) is 281 cm³/mol. The van der Waals surface area contributed by atoms with Gasteiger partial charge in [0, 0.05) is 19.0 Å². The van der Waals surface area contributed by atoms with E-state index in [2.05, 4.69) is 71.8 Å². The molecule has 0 bridgehead atoms. The normalized spacial score (nSPS) is 20.0. The van der Waals surface area contributed by atoms with E-state index in [0.717, 1.165) is 87.8 Å².